The fourth-order valence-corrected chi connectivity index (χ4v) is 5.05. The van der Waals surface area contributed by atoms with Crippen LogP contribution in [0.3, 0.4) is 0 Å². The van der Waals surface area contributed by atoms with Gasteiger partial charge in [-0.2, -0.15) is 0 Å². The van der Waals surface area contributed by atoms with Crippen LogP contribution in [0.15, 0.2) is 41.1 Å². The Balaban J connectivity index is 1.23. The van der Waals surface area contributed by atoms with Gasteiger partial charge in [0.1, 0.15) is 12.4 Å². The molecular weight excluding hydrogens is 506 g/mol. The molecule has 2 saturated heterocycles. The van der Waals surface area contributed by atoms with Gasteiger partial charge in [-0.05, 0) is 24.3 Å². The molecule has 2 N–H and O–H groups in total. The van der Waals surface area contributed by atoms with Gasteiger partial charge >= 0.3 is 6.09 Å². The number of amides is 1. The minimum atomic E-state index is -0.271. The number of carbonyl (C=O) groups is 1. The fourth-order valence-electron chi connectivity index (χ4n) is 3.73. The van der Waals surface area contributed by atoms with Gasteiger partial charge < -0.3 is 19.7 Å². The zero-order valence-corrected chi connectivity index (χ0v) is 20.1. The van der Waals surface area contributed by atoms with E-state index < -0.39 is 0 Å². The van der Waals surface area contributed by atoms with E-state index in [1.54, 1.807) is 22.6 Å². The van der Waals surface area contributed by atoms with Gasteiger partial charge in [-0.3, -0.25) is 5.32 Å². The molecule has 170 valence electrons. The number of carbonyl (C=O) groups excluding carboxylic acids is 1. The second-order valence-electron chi connectivity index (χ2n) is 7.75. The maximum absolute atomic E-state index is 12.3. The van der Waals surface area contributed by atoms with Crippen molar-refractivity contribution < 1.29 is 14.3 Å². The number of morpholine rings is 1. The second kappa shape index (κ2) is 10.1. The Labute approximate surface area is 203 Å². The summed E-state index contributed by atoms with van der Waals surface area (Å²) in [6.45, 7) is 2.89. The number of anilines is 2. The maximum Gasteiger partial charge on any atom is 0.410 e. The quantitative estimate of drug-likeness (QED) is 0.501. The molecule has 1 aromatic carbocycles. The first-order valence-electron chi connectivity index (χ1n) is 10.7. The molecule has 0 aliphatic carbocycles. The SMILES string of the molecule is O=C(OC1CNC(C#Cc2cc3ncnc(Nc4cccc(Br)c4)c3s2)C1)N1CCOCC1. The minimum absolute atomic E-state index is 0.0250. The van der Waals surface area contributed by atoms with Crippen molar-refractivity contribution in [1.29, 1.82) is 0 Å². The van der Waals surface area contributed by atoms with Crippen molar-refractivity contribution in [3.63, 3.8) is 0 Å². The Bertz CT molecular complexity index is 1220. The number of nitrogens with one attached hydrogen (secondary N) is 2. The predicted molar refractivity (Wildman–Crippen MR) is 131 cm³/mol. The highest BCUT2D eigenvalue weighted by Crippen LogP contribution is 2.31. The van der Waals surface area contributed by atoms with Gasteiger partial charge in [0.2, 0.25) is 0 Å². The standard InChI is InChI=1S/C23H22BrN5O3S/c24-15-2-1-3-17(10-15)28-22-21-20(26-14-27-22)12-19(33-21)5-4-16-11-18(13-25-16)32-23(30)29-6-8-31-9-7-29/h1-3,10,12,14,16,18,25H,6-9,11,13H2,(H,26,27,28). The van der Waals surface area contributed by atoms with Crippen LogP contribution in [0.4, 0.5) is 16.3 Å². The number of benzene rings is 1. The van der Waals surface area contributed by atoms with E-state index >= 15 is 0 Å². The molecule has 2 unspecified atom stereocenters. The average Bonchev–Trinajstić information content (AvgIpc) is 3.45. The number of fused-ring (bicyclic) bond motifs is 1. The predicted octanol–water partition coefficient (Wildman–Crippen LogP) is 3.75. The van der Waals surface area contributed by atoms with E-state index in [-0.39, 0.29) is 18.2 Å². The molecular formula is C23H22BrN5O3S. The van der Waals surface area contributed by atoms with E-state index in [9.17, 15) is 4.79 Å². The summed E-state index contributed by atoms with van der Waals surface area (Å²) in [6, 6.07) is 9.88. The minimum Gasteiger partial charge on any atom is -0.445 e. The van der Waals surface area contributed by atoms with E-state index in [2.05, 4.69) is 48.4 Å². The number of aromatic nitrogens is 2. The van der Waals surface area contributed by atoms with Crippen LogP contribution in [0.2, 0.25) is 0 Å². The van der Waals surface area contributed by atoms with E-state index in [0.29, 0.717) is 39.3 Å². The zero-order valence-electron chi connectivity index (χ0n) is 17.7. The van der Waals surface area contributed by atoms with Crippen molar-refractivity contribution in [2.45, 2.75) is 18.6 Å². The third-order valence-corrected chi connectivity index (χ3v) is 6.94. The molecule has 1 amide bonds. The van der Waals surface area contributed by atoms with Gasteiger partial charge in [0.25, 0.3) is 0 Å². The smallest absolute Gasteiger partial charge is 0.410 e. The van der Waals surface area contributed by atoms with Crippen molar-refractivity contribution in [2.24, 2.45) is 0 Å². The Morgan fingerprint density at radius 1 is 1.30 bits per heavy atom. The average molecular weight is 528 g/mol. The van der Waals surface area contributed by atoms with Gasteiger partial charge in [-0.25, -0.2) is 14.8 Å². The molecule has 0 bridgehead atoms. The highest BCUT2D eigenvalue weighted by Gasteiger charge is 2.28. The van der Waals surface area contributed by atoms with Gasteiger partial charge in [0, 0.05) is 36.2 Å². The number of ether oxygens (including phenoxy) is 2. The lowest BCUT2D eigenvalue weighted by Gasteiger charge is -2.27. The van der Waals surface area contributed by atoms with Gasteiger partial charge in [0.15, 0.2) is 5.82 Å². The number of nitrogens with zero attached hydrogens (tertiary/aromatic N) is 3. The van der Waals surface area contributed by atoms with E-state index in [4.69, 9.17) is 9.47 Å². The summed E-state index contributed by atoms with van der Waals surface area (Å²) in [4.78, 5) is 23.7. The Morgan fingerprint density at radius 3 is 3.03 bits per heavy atom. The van der Waals surface area contributed by atoms with Crippen molar-refractivity contribution in [2.75, 3.05) is 38.2 Å². The first kappa shape index (κ1) is 22.1. The molecule has 33 heavy (non-hydrogen) atoms. The lowest BCUT2D eigenvalue weighted by molar-refractivity contribution is 0.0156. The molecule has 4 heterocycles. The number of hydrogen-bond acceptors (Lipinski definition) is 8. The largest absolute Gasteiger partial charge is 0.445 e. The highest BCUT2D eigenvalue weighted by atomic mass is 79.9. The van der Waals surface area contributed by atoms with Crippen LogP contribution in [-0.2, 0) is 9.47 Å². The summed E-state index contributed by atoms with van der Waals surface area (Å²) in [5.74, 6) is 7.27. The summed E-state index contributed by atoms with van der Waals surface area (Å²) in [6.07, 6.45) is 1.78. The molecule has 0 spiro atoms. The summed E-state index contributed by atoms with van der Waals surface area (Å²) in [5.41, 5.74) is 1.80. The summed E-state index contributed by atoms with van der Waals surface area (Å²) < 4.78 is 12.9. The van der Waals surface area contributed by atoms with Crippen LogP contribution in [0.5, 0.6) is 0 Å². The van der Waals surface area contributed by atoms with Crippen molar-refractivity contribution in [1.82, 2.24) is 20.2 Å². The topological polar surface area (TPSA) is 88.6 Å². The van der Waals surface area contributed by atoms with Gasteiger partial charge in [-0.1, -0.05) is 33.8 Å². The second-order valence-corrected chi connectivity index (χ2v) is 9.72. The zero-order chi connectivity index (χ0) is 22.6. The van der Waals surface area contributed by atoms with Crippen LogP contribution < -0.4 is 10.6 Å². The Morgan fingerprint density at radius 2 is 2.18 bits per heavy atom. The molecule has 10 heteroatoms. The molecule has 0 saturated carbocycles. The van der Waals surface area contributed by atoms with Crippen LogP contribution in [0.25, 0.3) is 10.2 Å². The van der Waals surface area contributed by atoms with Gasteiger partial charge in [-0.15, -0.1) is 11.3 Å². The number of halogens is 1. The molecule has 3 aromatic rings. The van der Waals surface area contributed by atoms with Crippen LogP contribution in [-0.4, -0.2) is 66.0 Å². The van der Waals surface area contributed by atoms with Crippen molar-refractivity contribution >= 4 is 55.1 Å². The summed E-state index contributed by atoms with van der Waals surface area (Å²) >= 11 is 5.05. The lowest BCUT2D eigenvalue weighted by atomic mass is 10.2. The monoisotopic (exact) mass is 527 g/mol. The number of rotatable bonds is 3. The van der Waals surface area contributed by atoms with Crippen LogP contribution >= 0.6 is 27.3 Å². The fraction of sp³-hybridized carbons (Fsp3) is 0.348. The first-order valence-corrected chi connectivity index (χ1v) is 12.3. The maximum atomic E-state index is 12.3. The summed E-state index contributed by atoms with van der Waals surface area (Å²) in [7, 11) is 0. The van der Waals surface area contributed by atoms with E-state index in [0.717, 1.165) is 31.1 Å². The molecule has 5 rings (SSSR count). The van der Waals surface area contributed by atoms with Gasteiger partial charge in [0.05, 0.1) is 34.3 Å². The van der Waals surface area contributed by atoms with E-state index in [1.807, 2.05) is 30.3 Å². The van der Waals surface area contributed by atoms with Crippen molar-refractivity contribution in [3.05, 3.63) is 46.0 Å². The Kier molecular flexibility index (Phi) is 6.73. The highest BCUT2D eigenvalue weighted by molar-refractivity contribution is 9.10. The molecule has 2 fully saturated rings. The third-order valence-electron chi connectivity index (χ3n) is 5.40. The molecule has 2 aromatic heterocycles. The molecule has 2 atom stereocenters. The first-order chi connectivity index (χ1) is 16.1. The van der Waals surface area contributed by atoms with Crippen molar-refractivity contribution in [3.8, 4) is 11.8 Å². The molecule has 8 nitrogen and oxygen atoms in total. The normalized spacial score (nSPS) is 20.3. The lowest BCUT2D eigenvalue weighted by Crippen LogP contribution is -2.42. The number of hydrogen-bond donors (Lipinski definition) is 2. The molecule has 0 radical (unpaired) electrons. The molecule has 2 aliphatic heterocycles. The summed E-state index contributed by atoms with van der Waals surface area (Å²) in [5, 5.41) is 6.69. The molecule has 2 aliphatic rings. The van der Waals surface area contributed by atoms with Crippen LogP contribution in [0.1, 0.15) is 11.3 Å². The number of thiophene rings is 1. The van der Waals surface area contributed by atoms with E-state index in [1.165, 1.54) is 0 Å². The van der Waals surface area contributed by atoms with Crippen LogP contribution in [0, 0.1) is 11.8 Å². The Hall–Kier alpha value is -2.71. The third kappa shape index (κ3) is 5.45.